The number of rotatable bonds is 8. The van der Waals surface area contributed by atoms with Crippen molar-refractivity contribution in [3.63, 3.8) is 0 Å². The van der Waals surface area contributed by atoms with Gasteiger partial charge in [0.2, 0.25) is 0 Å². The van der Waals surface area contributed by atoms with Gasteiger partial charge in [0, 0.05) is 22.6 Å². The summed E-state index contributed by atoms with van der Waals surface area (Å²) in [6.07, 6.45) is 9.20. The second kappa shape index (κ2) is 11.6. The van der Waals surface area contributed by atoms with Crippen molar-refractivity contribution in [2.45, 2.75) is 71.1 Å². The highest BCUT2D eigenvalue weighted by Gasteiger charge is 2.15. The summed E-state index contributed by atoms with van der Waals surface area (Å²) in [5.74, 6) is 1.06. The molecule has 1 aliphatic rings. The Kier molecular flexibility index (Phi) is 8.81. The summed E-state index contributed by atoms with van der Waals surface area (Å²) >= 11 is 3.68. The minimum Gasteiger partial charge on any atom is -0.490 e. The van der Waals surface area contributed by atoms with Gasteiger partial charge in [-0.15, -0.1) is 0 Å². The van der Waals surface area contributed by atoms with Crippen molar-refractivity contribution < 1.29 is 13.9 Å². The minimum atomic E-state index is -0.260. The topological polar surface area (TPSA) is 30.5 Å². The molecule has 3 rings (SSSR count). The maximum Gasteiger partial charge on any atom is 0.162 e. The van der Waals surface area contributed by atoms with Crippen LogP contribution in [0.2, 0.25) is 0 Å². The van der Waals surface area contributed by atoms with E-state index >= 15 is 0 Å². The Morgan fingerprint density at radius 1 is 0.966 bits per heavy atom. The molecule has 1 fully saturated rings. The standard InChI is InChI=1S/C24H31BrFNO2/c1-2-28-23-14-19(16-27-20-11-6-4-3-5-7-12-20)21(25)15-24(23)29-17-18-10-8-9-13-22(18)26/h8-10,13-15,20,27H,2-7,11-12,16-17H2,1H3. The molecular weight excluding hydrogens is 433 g/mol. The van der Waals surface area contributed by atoms with Crippen molar-refractivity contribution in [3.8, 4) is 11.5 Å². The van der Waals surface area contributed by atoms with Crippen LogP contribution in [0.15, 0.2) is 40.9 Å². The minimum absolute atomic E-state index is 0.166. The third kappa shape index (κ3) is 6.71. The highest BCUT2D eigenvalue weighted by molar-refractivity contribution is 9.10. The van der Waals surface area contributed by atoms with Crippen LogP contribution in [-0.2, 0) is 13.2 Å². The van der Waals surface area contributed by atoms with Crippen molar-refractivity contribution in [2.24, 2.45) is 0 Å². The van der Waals surface area contributed by atoms with Crippen LogP contribution in [0.25, 0.3) is 0 Å². The molecule has 2 aromatic rings. The van der Waals surface area contributed by atoms with E-state index in [4.69, 9.17) is 9.47 Å². The van der Waals surface area contributed by atoms with Crippen LogP contribution >= 0.6 is 15.9 Å². The van der Waals surface area contributed by atoms with E-state index < -0.39 is 0 Å². The molecule has 0 atom stereocenters. The summed E-state index contributed by atoms with van der Waals surface area (Å²) in [5.41, 5.74) is 1.68. The first-order chi connectivity index (χ1) is 14.2. The quantitative estimate of drug-likeness (QED) is 0.468. The molecule has 29 heavy (non-hydrogen) atoms. The van der Waals surface area contributed by atoms with Crippen molar-refractivity contribution in [1.82, 2.24) is 5.32 Å². The summed E-state index contributed by atoms with van der Waals surface area (Å²) in [5, 5.41) is 3.72. The van der Waals surface area contributed by atoms with E-state index in [1.165, 1.54) is 51.0 Å². The lowest BCUT2D eigenvalue weighted by molar-refractivity contribution is 0.265. The molecule has 3 nitrogen and oxygen atoms in total. The average Bonchev–Trinajstić information content (AvgIpc) is 2.69. The first kappa shape index (κ1) is 22.1. The summed E-state index contributed by atoms with van der Waals surface area (Å²) in [6, 6.07) is 11.2. The average molecular weight is 464 g/mol. The molecule has 0 saturated heterocycles. The summed E-state index contributed by atoms with van der Waals surface area (Å²) in [7, 11) is 0. The molecule has 0 radical (unpaired) electrons. The molecule has 1 aliphatic carbocycles. The molecule has 0 aliphatic heterocycles. The first-order valence-corrected chi connectivity index (χ1v) is 11.5. The smallest absolute Gasteiger partial charge is 0.162 e. The molecule has 1 N–H and O–H groups in total. The predicted molar refractivity (Wildman–Crippen MR) is 119 cm³/mol. The van der Waals surface area contributed by atoms with Crippen molar-refractivity contribution in [2.75, 3.05) is 6.61 Å². The SMILES string of the molecule is CCOc1cc(CNC2CCCCCCC2)c(Br)cc1OCc1ccccc1F. The van der Waals surface area contributed by atoms with Crippen LogP contribution in [-0.4, -0.2) is 12.6 Å². The van der Waals surface area contributed by atoms with Crippen molar-refractivity contribution in [3.05, 3.63) is 57.8 Å². The Hall–Kier alpha value is -1.59. The number of halogens is 2. The van der Waals surface area contributed by atoms with Crippen LogP contribution in [0.5, 0.6) is 11.5 Å². The maximum absolute atomic E-state index is 13.9. The van der Waals surface area contributed by atoms with Gasteiger partial charge in [-0.1, -0.05) is 66.2 Å². The van der Waals surface area contributed by atoms with E-state index in [1.54, 1.807) is 12.1 Å². The summed E-state index contributed by atoms with van der Waals surface area (Å²) < 4.78 is 26.6. The van der Waals surface area contributed by atoms with Gasteiger partial charge >= 0.3 is 0 Å². The predicted octanol–water partition coefficient (Wildman–Crippen LogP) is 6.77. The van der Waals surface area contributed by atoms with Gasteiger partial charge in [0.05, 0.1) is 6.61 Å². The molecule has 0 spiro atoms. The Balaban J connectivity index is 1.67. The van der Waals surface area contributed by atoms with Gasteiger partial charge in [0.1, 0.15) is 12.4 Å². The van der Waals surface area contributed by atoms with Gasteiger partial charge < -0.3 is 14.8 Å². The summed E-state index contributed by atoms with van der Waals surface area (Å²) in [4.78, 5) is 0. The van der Waals surface area contributed by atoms with Gasteiger partial charge in [0.25, 0.3) is 0 Å². The molecule has 0 unspecified atom stereocenters. The van der Waals surface area contributed by atoms with Gasteiger partial charge in [-0.2, -0.15) is 0 Å². The van der Waals surface area contributed by atoms with Crippen LogP contribution in [0.1, 0.15) is 63.0 Å². The van der Waals surface area contributed by atoms with Gasteiger partial charge in [-0.3, -0.25) is 0 Å². The Labute approximate surface area is 182 Å². The molecule has 0 amide bonds. The molecule has 0 heterocycles. The fraction of sp³-hybridized carbons (Fsp3) is 0.500. The van der Waals surface area contributed by atoms with Gasteiger partial charge in [-0.25, -0.2) is 4.39 Å². The zero-order valence-electron chi connectivity index (χ0n) is 17.2. The number of nitrogens with one attached hydrogen (secondary N) is 1. The molecule has 5 heteroatoms. The molecule has 0 aromatic heterocycles. The Morgan fingerprint density at radius 2 is 1.66 bits per heavy atom. The molecule has 158 valence electrons. The highest BCUT2D eigenvalue weighted by Crippen LogP contribution is 2.35. The van der Waals surface area contributed by atoms with E-state index in [2.05, 4.69) is 21.2 Å². The fourth-order valence-corrected chi connectivity index (χ4v) is 4.24. The van der Waals surface area contributed by atoms with E-state index in [0.29, 0.717) is 29.7 Å². The van der Waals surface area contributed by atoms with E-state index in [9.17, 15) is 4.39 Å². The van der Waals surface area contributed by atoms with Crippen molar-refractivity contribution >= 4 is 15.9 Å². The normalized spacial score (nSPS) is 15.6. The number of ether oxygens (including phenoxy) is 2. The maximum atomic E-state index is 13.9. The zero-order valence-corrected chi connectivity index (χ0v) is 18.8. The number of hydrogen-bond donors (Lipinski definition) is 1. The Morgan fingerprint density at radius 3 is 2.38 bits per heavy atom. The zero-order chi connectivity index (χ0) is 20.5. The fourth-order valence-electron chi connectivity index (χ4n) is 3.78. The second-order valence-corrected chi connectivity index (χ2v) is 8.48. The number of benzene rings is 2. The first-order valence-electron chi connectivity index (χ1n) is 10.7. The Bertz CT molecular complexity index is 775. The second-order valence-electron chi connectivity index (χ2n) is 7.63. The third-order valence-corrected chi connectivity index (χ3v) is 6.18. The monoisotopic (exact) mass is 463 g/mol. The van der Waals surface area contributed by atoms with E-state index in [-0.39, 0.29) is 12.4 Å². The number of hydrogen-bond acceptors (Lipinski definition) is 3. The van der Waals surface area contributed by atoms with E-state index in [1.807, 2.05) is 25.1 Å². The lowest BCUT2D eigenvalue weighted by Gasteiger charge is -2.22. The van der Waals surface area contributed by atoms with Gasteiger partial charge in [-0.05, 0) is 43.5 Å². The highest BCUT2D eigenvalue weighted by atomic mass is 79.9. The molecule has 0 bridgehead atoms. The third-order valence-electron chi connectivity index (χ3n) is 5.44. The van der Waals surface area contributed by atoms with Crippen LogP contribution in [0.3, 0.4) is 0 Å². The summed E-state index contributed by atoms with van der Waals surface area (Å²) in [6.45, 7) is 3.46. The lowest BCUT2D eigenvalue weighted by atomic mass is 9.96. The largest absolute Gasteiger partial charge is 0.490 e. The van der Waals surface area contributed by atoms with Crippen molar-refractivity contribution in [1.29, 1.82) is 0 Å². The van der Waals surface area contributed by atoms with E-state index in [0.717, 1.165) is 16.6 Å². The van der Waals surface area contributed by atoms with Crippen LogP contribution < -0.4 is 14.8 Å². The van der Waals surface area contributed by atoms with Crippen LogP contribution in [0.4, 0.5) is 4.39 Å². The lowest BCUT2D eigenvalue weighted by Crippen LogP contribution is -2.29. The molecule has 2 aromatic carbocycles. The van der Waals surface area contributed by atoms with Gasteiger partial charge in [0.15, 0.2) is 11.5 Å². The molecular formula is C24H31BrFNO2. The van der Waals surface area contributed by atoms with Crippen LogP contribution in [0, 0.1) is 5.82 Å². The molecule has 1 saturated carbocycles.